The molecule has 0 radical (unpaired) electrons. The van der Waals surface area contributed by atoms with Crippen LogP contribution in [0.3, 0.4) is 0 Å². The first-order valence-corrected chi connectivity index (χ1v) is 7.56. The lowest BCUT2D eigenvalue weighted by molar-refractivity contribution is 0.626. The average molecular weight is 266 g/mol. The second-order valence-corrected chi connectivity index (χ2v) is 5.67. The Morgan fingerprint density at radius 3 is 2.70 bits per heavy atom. The van der Waals surface area contributed by atoms with Crippen LogP contribution in [-0.4, -0.2) is 9.55 Å². The minimum atomic E-state index is 1.09. The molecule has 0 saturated heterocycles. The topological polar surface area (TPSA) is 17.8 Å². The summed E-state index contributed by atoms with van der Waals surface area (Å²) in [6.07, 6.45) is 5.70. The summed E-state index contributed by atoms with van der Waals surface area (Å²) in [5.74, 6) is 0. The minimum Gasteiger partial charge on any atom is -0.339 e. The summed E-state index contributed by atoms with van der Waals surface area (Å²) >= 11 is 0. The smallest absolute Gasteiger partial charge is 0.0707 e. The fraction of sp³-hybridized carbons (Fsp3) is 0.389. The molecule has 0 aliphatic rings. The molecule has 0 aliphatic carbocycles. The molecule has 0 aliphatic heterocycles. The molecule has 1 aromatic carbocycles. The zero-order chi connectivity index (χ0) is 14.1. The maximum absolute atomic E-state index is 4.49. The number of unbranched alkanes of at least 4 members (excludes halogenated alkanes) is 2. The molecular formula is C18H22N2. The Labute approximate surface area is 120 Å². The number of aromatic nitrogens is 2. The largest absolute Gasteiger partial charge is 0.339 e. The molecule has 20 heavy (non-hydrogen) atoms. The second kappa shape index (κ2) is 5.28. The van der Waals surface area contributed by atoms with Crippen molar-refractivity contribution in [2.24, 2.45) is 0 Å². The predicted molar refractivity (Wildman–Crippen MR) is 86.2 cm³/mol. The van der Waals surface area contributed by atoms with E-state index in [0.717, 1.165) is 12.2 Å². The van der Waals surface area contributed by atoms with E-state index in [1.54, 1.807) is 0 Å². The van der Waals surface area contributed by atoms with E-state index in [9.17, 15) is 0 Å². The number of aryl methyl sites for hydroxylation is 3. The minimum absolute atomic E-state index is 1.09. The summed E-state index contributed by atoms with van der Waals surface area (Å²) in [7, 11) is 0. The van der Waals surface area contributed by atoms with Crippen molar-refractivity contribution in [2.45, 2.75) is 46.6 Å². The lowest BCUT2D eigenvalue weighted by Gasteiger charge is -2.08. The molecule has 0 N–H and O–H groups in total. The van der Waals surface area contributed by atoms with E-state index in [2.05, 4.69) is 54.6 Å². The van der Waals surface area contributed by atoms with E-state index in [0.29, 0.717) is 0 Å². The van der Waals surface area contributed by atoms with Gasteiger partial charge in [-0.1, -0.05) is 31.9 Å². The van der Waals surface area contributed by atoms with Crippen LogP contribution in [0.5, 0.6) is 0 Å². The Bertz CT molecular complexity index is 753. The van der Waals surface area contributed by atoms with Gasteiger partial charge in [0.25, 0.3) is 0 Å². The van der Waals surface area contributed by atoms with Crippen molar-refractivity contribution in [3.63, 3.8) is 0 Å². The zero-order valence-corrected chi connectivity index (χ0v) is 12.6. The SMILES string of the molecule is CCCCCn1c2cc(C)ccc2c2ccnc(C)c21. The molecule has 104 valence electrons. The highest BCUT2D eigenvalue weighted by molar-refractivity contribution is 6.08. The molecule has 2 aromatic heterocycles. The molecule has 0 unspecified atom stereocenters. The van der Waals surface area contributed by atoms with Crippen molar-refractivity contribution in [1.29, 1.82) is 0 Å². The molecule has 0 saturated carbocycles. The van der Waals surface area contributed by atoms with Gasteiger partial charge in [-0.05, 0) is 38.0 Å². The lowest BCUT2D eigenvalue weighted by atomic mass is 10.1. The maximum Gasteiger partial charge on any atom is 0.0707 e. The van der Waals surface area contributed by atoms with Crippen LogP contribution in [0.2, 0.25) is 0 Å². The van der Waals surface area contributed by atoms with Crippen LogP contribution >= 0.6 is 0 Å². The number of fused-ring (bicyclic) bond motifs is 3. The normalized spacial score (nSPS) is 11.6. The monoisotopic (exact) mass is 266 g/mol. The van der Waals surface area contributed by atoms with E-state index in [1.807, 2.05) is 6.20 Å². The molecule has 2 heteroatoms. The van der Waals surface area contributed by atoms with Gasteiger partial charge >= 0.3 is 0 Å². The van der Waals surface area contributed by atoms with Crippen LogP contribution in [-0.2, 0) is 6.54 Å². The Kier molecular flexibility index (Phi) is 3.47. The van der Waals surface area contributed by atoms with Crippen molar-refractivity contribution in [3.05, 3.63) is 41.7 Å². The van der Waals surface area contributed by atoms with Gasteiger partial charge < -0.3 is 4.57 Å². The standard InChI is InChI=1S/C18H22N2/c1-4-5-6-11-20-17-12-13(2)7-8-15(17)16-9-10-19-14(3)18(16)20/h7-10,12H,4-6,11H2,1-3H3. The number of benzene rings is 1. The van der Waals surface area contributed by atoms with Crippen LogP contribution in [0.25, 0.3) is 21.8 Å². The number of hydrogen-bond donors (Lipinski definition) is 0. The zero-order valence-electron chi connectivity index (χ0n) is 12.6. The Hall–Kier alpha value is -1.83. The summed E-state index contributed by atoms with van der Waals surface area (Å²) in [6, 6.07) is 8.91. The molecule has 3 rings (SSSR count). The molecule has 0 spiro atoms. The fourth-order valence-corrected chi connectivity index (χ4v) is 3.08. The summed E-state index contributed by atoms with van der Waals surface area (Å²) in [4.78, 5) is 4.49. The Balaban J connectivity index is 2.27. The van der Waals surface area contributed by atoms with E-state index in [-0.39, 0.29) is 0 Å². The fourth-order valence-electron chi connectivity index (χ4n) is 3.08. The third-order valence-corrected chi connectivity index (χ3v) is 4.10. The van der Waals surface area contributed by atoms with Crippen molar-refractivity contribution < 1.29 is 0 Å². The third-order valence-electron chi connectivity index (χ3n) is 4.10. The van der Waals surface area contributed by atoms with Crippen molar-refractivity contribution in [3.8, 4) is 0 Å². The summed E-state index contributed by atoms with van der Waals surface area (Å²) < 4.78 is 2.47. The summed E-state index contributed by atoms with van der Waals surface area (Å²) in [6.45, 7) is 7.62. The van der Waals surface area contributed by atoms with Gasteiger partial charge in [0, 0.05) is 29.0 Å². The Morgan fingerprint density at radius 2 is 1.90 bits per heavy atom. The first-order valence-electron chi connectivity index (χ1n) is 7.56. The quantitative estimate of drug-likeness (QED) is 0.608. The first-order chi connectivity index (χ1) is 9.72. The van der Waals surface area contributed by atoms with E-state index >= 15 is 0 Å². The van der Waals surface area contributed by atoms with Crippen LogP contribution in [0.4, 0.5) is 0 Å². The van der Waals surface area contributed by atoms with E-state index in [1.165, 1.54) is 46.6 Å². The third kappa shape index (κ3) is 2.09. The van der Waals surface area contributed by atoms with Crippen molar-refractivity contribution >= 4 is 21.8 Å². The molecule has 0 fully saturated rings. The highest BCUT2D eigenvalue weighted by Crippen LogP contribution is 2.31. The summed E-state index contributed by atoms with van der Waals surface area (Å²) in [5, 5.41) is 2.69. The molecule has 0 bridgehead atoms. The number of hydrogen-bond acceptors (Lipinski definition) is 1. The van der Waals surface area contributed by atoms with Crippen LogP contribution in [0.15, 0.2) is 30.5 Å². The maximum atomic E-state index is 4.49. The van der Waals surface area contributed by atoms with Gasteiger partial charge in [-0.25, -0.2) is 0 Å². The molecule has 0 amide bonds. The van der Waals surface area contributed by atoms with Gasteiger partial charge in [0.05, 0.1) is 11.2 Å². The van der Waals surface area contributed by atoms with Gasteiger partial charge in [0.1, 0.15) is 0 Å². The molecular weight excluding hydrogens is 244 g/mol. The van der Waals surface area contributed by atoms with Crippen LogP contribution < -0.4 is 0 Å². The molecule has 2 heterocycles. The van der Waals surface area contributed by atoms with Gasteiger partial charge in [-0.3, -0.25) is 4.98 Å². The van der Waals surface area contributed by atoms with E-state index in [4.69, 9.17) is 0 Å². The predicted octanol–water partition coefficient (Wildman–Crippen LogP) is 5.00. The van der Waals surface area contributed by atoms with Gasteiger partial charge in [-0.2, -0.15) is 0 Å². The first kappa shape index (κ1) is 13.2. The van der Waals surface area contributed by atoms with Crippen LogP contribution in [0, 0.1) is 13.8 Å². The second-order valence-electron chi connectivity index (χ2n) is 5.67. The Morgan fingerprint density at radius 1 is 1.05 bits per heavy atom. The van der Waals surface area contributed by atoms with Gasteiger partial charge in [0.15, 0.2) is 0 Å². The number of rotatable bonds is 4. The summed E-state index contributed by atoms with van der Waals surface area (Å²) in [5.41, 5.74) is 5.12. The van der Waals surface area contributed by atoms with Gasteiger partial charge in [-0.15, -0.1) is 0 Å². The highest BCUT2D eigenvalue weighted by Gasteiger charge is 2.12. The number of nitrogens with zero attached hydrogens (tertiary/aromatic N) is 2. The number of pyridine rings is 1. The van der Waals surface area contributed by atoms with Crippen molar-refractivity contribution in [1.82, 2.24) is 9.55 Å². The van der Waals surface area contributed by atoms with Gasteiger partial charge in [0.2, 0.25) is 0 Å². The molecule has 2 nitrogen and oxygen atoms in total. The van der Waals surface area contributed by atoms with E-state index < -0.39 is 0 Å². The molecule has 3 aromatic rings. The highest BCUT2D eigenvalue weighted by atomic mass is 15.0. The van der Waals surface area contributed by atoms with Crippen LogP contribution in [0.1, 0.15) is 37.4 Å². The van der Waals surface area contributed by atoms with Crippen molar-refractivity contribution in [2.75, 3.05) is 0 Å². The molecule has 0 atom stereocenters. The lowest BCUT2D eigenvalue weighted by Crippen LogP contribution is -1.99. The average Bonchev–Trinajstić information content (AvgIpc) is 2.74.